The third-order valence-corrected chi connectivity index (χ3v) is 4.82. The molecule has 3 rings (SSSR count). The summed E-state index contributed by atoms with van der Waals surface area (Å²) in [6.07, 6.45) is 2.50. The summed E-state index contributed by atoms with van der Waals surface area (Å²) in [5.41, 5.74) is 4.99. The molecule has 138 valence electrons. The van der Waals surface area contributed by atoms with Crippen LogP contribution in [0.3, 0.4) is 0 Å². The Morgan fingerprint density at radius 3 is 2.68 bits per heavy atom. The highest BCUT2D eigenvalue weighted by molar-refractivity contribution is 5.89. The smallest absolute Gasteiger partial charge is 0.367 e. The SMILES string of the molecule is Cc1nc(NNC2=C(O)OC3(CC(C)CCC3C(C)C)OC2=O)n[nH]1. The van der Waals surface area contributed by atoms with E-state index in [2.05, 4.69) is 46.8 Å². The molecule has 25 heavy (non-hydrogen) atoms. The zero-order chi connectivity index (χ0) is 18.2. The summed E-state index contributed by atoms with van der Waals surface area (Å²) < 4.78 is 11.5. The number of nitrogens with zero attached hydrogens (tertiary/aromatic N) is 2. The van der Waals surface area contributed by atoms with E-state index in [1.54, 1.807) is 6.92 Å². The zero-order valence-corrected chi connectivity index (χ0v) is 14.9. The van der Waals surface area contributed by atoms with Gasteiger partial charge in [0.25, 0.3) is 11.7 Å². The lowest BCUT2D eigenvalue weighted by Crippen LogP contribution is -2.54. The van der Waals surface area contributed by atoms with Crippen LogP contribution in [0.5, 0.6) is 0 Å². The number of anilines is 1. The number of esters is 1. The van der Waals surface area contributed by atoms with E-state index in [9.17, 15) is 9.90 Å². The highest BCUT2D eigenvalue weighted by Gasteiger charge is 2.53. The summed E-state index contributed by atoms with van der Waals surface area (Å²) in [6, 6.07) is 0. The Kier molecular flexibility index (Phi) is 4.49. The number of carbonyl (C=O) groups is 1. The number of H-pyrrole nitrogens is 1. The van der Waals surface area contributed by atoms with Crippen LogP contribution < -0.4 is 10.9 Å². The van der Waals surface area contributed by atoms with Crippen molar-refractivity contribution < 1.29 is 19.4 Å². The molecule has 4 N–H and O–H groups in total. The van der Waals surface area contributed by atoms with Gasteiger partial charge in [-0.1, -0.05) is 20.8 Å². The number of ether oxygens (including phenoxy) is 2. The largest absolute Gasteiger partial charge is 0.479 e. The molecule has 9 heteroatoms. The number of hydrogen-bond acceptors (Lipinski definition) is 8. The van der Waals surface area contributed by atoms with Gasteiger partial charge in [0.2, 0.25) is 5.70 Å². The van der Waals surface area contributed by atoms with E-state index in [-0.39, 0.29) is 23.5 Å². The van der Waals surface area contributed by atoms with E-state index < -0.39 is 17.7 Å². The highest BCUT2D eigenvalue weighted by Crippen LogP contribution is 2.47. The molecule has 2 heterocycles. The molecule has 1 aliphatic carbocycles. The van der Waals surface area contributed by atoms with Crippen molar-refractivity contribution in [3.8, 4) is 0 Å². The number of nitrogens with one attached hydrogen (secondary N) is 3. The Balaban J connectivity index is 1.79. The average Bonchev–Trinajstić information content (AvgIpc) is 2.91. The quantitative estimate of drug-likeness (QED) is 0.481. The van der Waals surface area contributed by atoms with Gasteiger partial charge in [-0.3, -0.25) is 16.0 Å². The van der Waals surface area contributed by atoms with Crippen LogP contribution in [0.2, 0.25) is 0 Å². The van der Waals surface area contributed by atoms with Gasteiger partial charge in [0.15, 0.2) is 0 Å². The van der Waals surface area contributed by atoms with Gasteiger partial charge in [-0.25, -0.2) is 4.79 Å². The molecule has 1 aromatic rings. The van der Waals surface area contributed by atoms with Crippen molar-refractivity contribution in [1.82, 2.24) is 20.6 Å². The normalized spacial score (nSPS) is 29.6. The second-order valence-corrected chi connectivity index (χ2v) is 7.22. The van der Waals surface area contributed by atoms with Crippen molar-refractivity contribution in [3.05, 3.63) is 17.5 Å². The number of aliphatic hydroxyl groups is 1. The summed E-state index contributed by atoms with van der Waals surface area (Å²) in [7, 11) is 0. The molecule has 1 fully saturated rings. The standard InChI is InChI=1S/C16H25N5O4/c1-8(2)11-6-5-9(3)7-16(11)24-13(22)12(14(23)25-16)19-21-15-17-10(4)18-20-15/h8-9,11,19,22H,5-7H2,1-4H3,(H2,17,18,20,21). The molecule has 1 saturated carbocycles. The number of aromatic amines is 1. The molecule has 1 aromatic heterocycles. The average molecular weight is 351 g/mol. The summed E-state index contributed by atoms with van der Waals surface area (Å²) in [6.45, 7) is 7.98. The molecule has 1 aliphatic heterocycles. The van der Waals surface area contributed by atoms with Crippen LogP contribution >= 0.6 is 0 Å². The molecular formula is C16H25N5O4. The topological polar surface area (TPSA) is 121 Å². The molecule has 0 saturated heterocycles. The molecule has 2 aliphatic rings. The van der Waals surface area contributed by atoms with Crippen molar-refractivity contribution in [2.24, 2.45) is 17.8 Å². The van der Waals surface area contributed by atoms with Crippen molar-refractivity contribution in [2.75, 3.05) is 5.43 Å². The first-order chi connectivity index (χ1) is 11.8. The maximum Gasteiger partial charge on any atom is 0.367 e. The molecule has 0 aromatic carbocycles. The van der Waals surface area contributed by atoms with Gasteiger partial charge in [-0.2, -0.15) is 4.98 Å². The summed E-state index contributed by atoms with van der Waals surface area (Å²) in [4.78, 5) is 16.5. The first-order valence-electron chi connectivity index (χ1n) is 8.57. The Morgan fingerprint density at radius 2 is 2.08 bits per heavy atom. The summed E-state index contributed by atoms with van der Waals surface area (Å²) >= 11 is 0. The van der Waals surface area contributed by atoms with Crippen LogP contribution in [0, 0.1) is 24.7 Å². The Labute approximate surface area is 146 Å². The van der Waals surface area contributed by atoms with Crippen LogP contribution in [-0.2, 0) is 14.3 Å². The predicted octanol–water partition coefficient (Wildman–Crippen LogP) is 2.12. The van der Waals surface area contributed by atoms with Crippen molar-refractivity contribution in [1.29, 1.82) is 0 Å². The number of carbonyl (C=O) groups excluding carboxylic acids is 1. The van der Waals surface area contributed by atoms with Crippen LogP contribution in [0.4, 0.5) is 5.95 Å². The minimum atomic E-state index is -1.11. The number of aryl methyl sites for hydroxylation is 1. The van der Waals surface area contributed by atoms with E-state index in [4.69, 9.17) is 9.47 Å². The van der Waals surface area contributed by atoms with Crippen molar-refractivity contribution in [2.45, 2.75) is 52.7 Å². The van der Waals surface area contributed by atoms with Gasteiger partial charge >= 0.3 is 11.9 Å². The lowest BCUT2D eigenvalue weighted by Gasteiger charge is -2.47. The fourth-order valence-electron chi connectivity index (χ4n) is 3.65. The number of aromatic nitrogens is 3. The van der Waals surface area contributed by atoms with E-state index in [0.717, 1.165) is 12.8 Å². The third kappa shape index (κ3) is 3.35. The van der Waals surface area contributed by atoms with Crippen LogP contribution in [0.1, 0.15) is 45.9 Å². The van der Waals surface area contributed by atoms with Crippen LogP contribution in [0.15, 0.2) is 11.6 Å². The van der Waals surface area contributed by atoms with Gasteiger partial charge in [0, 0.05) is 12.3 Å². The van der Waals surface area contributed by atoms with Crippen molar-refractivity contribution in [3.63, 3.8) is 0 Å². The lowest BCUT2D eigenvalue weighted by atomic mass is 9.72. The van der Waals surface area contributed by atoms with Gasteiger partial charge in [-0.15, -0.1) is 5.10 Å². The Morgan fingerprint density at radius 1 is 1.32 bits per heavy atom. The second-order valence-electron chi connectivity index (χ2n) is 7.22. The first-order valence-corrected chi connectivity index (χ1v) is 8.57. The molecule has 1 spiro atoms. The molecule has 0 amide bonds. The fraction of sp³-hybridized carbons (Fsp3) is 0.688. The van der Waals surface area contributed by atoms with Crippen LogP contribution in [0.25, 0.3) is 0 Å². The minimum absolute atomic E-state index is 0.0277. The number of hydrazine groups is 1. The van der Waals surface area contributed by atoms with Crippen LogP contribution in [-0.4, -0.2) is 32.0 Å². The molecule has 3 unspecified atom stereocenters. The first kappa shape index (κ1) is 17.4. The maximum atomic E-state index is 12.5. The monoisotopic (exact) mass is 351 g/mol. The molecule has 3 atom stereocenters. The van der Waals surface area contributed by atoms with Crippen molar-refractivity contribution >= 4 is 11.9 Å². The highest BCUT2D eigenvalue weighted by atomic mass is 16.8. The Hall–Kier alpha value is -2.45. The summed E-state index contributed by atoms with van der Waals surface area (Å²) in [5.74, 6) is -0.771. The lowest BCUT2D eigenvalue weighted by molar-refractivity contribution is -0.284. The zero-order valence-electron chi connectivity index (χ0n) is 14.9. The molecular weight excluding hydrogens is 326 g/mol. The molecule has 9 nitrogen and oxygen atoms in total. The number of rotatable bonds is 4. The van der Waals surface area contributed by atoms with Gasteiger partial charge in [-0.05, 0) is 31.6 Å². The number of aliphatic hydroxyl groups excluding tert-OH is 1. The predicted molar refractivity (Wildman–Crippen MR) is 88.8 cm³/mol. The number of hydrogen-bond donors (Lipinski definition) is 4. The molecule has 0 radical (unpaired) electrons. The maximum absolute atomic E-state index is 12.5. The van der Waals surface area contributed by atoms with E-state index in [0.29, 0.717) is 18.2 Å². The van der Waals surface area contributed by atoms with E-state index in [1.165, 1.54) is 0 Å². The van der Waals surface area contributed by atoms with E-state index >= 15 is 0 Å². The Bertz CT molecular complexity index is 686. The fourth-order valence-corrected chi connectivity index (χ4v) is 3.65. The minimum Gasteiger partial charge on any atom is -0.479 e. The molecule has 0 bridgehead atoms. The van der Waals surface area contributed by atoms with E-state index in [1.807, 2.05) is 0 Å². The third-order valence-electron chi connectivity index (χ3n) is 4.82. The summed E-state index contributed by atoms with van der Waals surface area (Å²) in [5, 5.41) is 16.9. The van der Waals surface area contributed by atoms with Gasteiger partial charge < -0.3 is 14.6 Å². The second kappa shape index (κ2) is 6.45. The van der Waals surface area contributed by atoms with Gasteiger partial charge in [0.05, 0.1) is 0 Å². The van der Waals surface area contributed by atoms with Gasteiger partial charge in [0.1, 0.15) is 5.82 Å².